The van der Waals surface area contributed by atoms with Crippen molar-refractivity contribution in [1.29, 1.82) is 0 Å². The minimum atomic E-state index is 0.260. The zero-order chi connectivity index (χ0) is 9.97. The summed E-state index contributed by atoms with van der Waals surface area (Å²) < 4.78 is 0. The van der Waals surface area contributed by atoms with Gasteiger partial charge in [0, 0.05) is 12.5 Å². The van der Waals surface area contributed by atoms with Gasteiger partial charge in [-0.1, -0.05) is 6.92 Å². The van der Waals surface area contributed by atoms with Crippen molar-refractivity contribution in [3.63, 3.8) is 0 Å². The lowest BCUT2D eigenvalue weighted by Gasteiger charge is -2.33. The summed E-state index contributed by atoms with van der Waals surface area (Å²) in [5.74, 6) is 1.65. The Morgan fingerprint density at radius 1 is 1.50 bits per heavy atom. The van der Waals surface area contributed by atoms with Crippen LogP contribution < -0.4 is 10.6 Å². The predicted octanol–water partition coefficient (Wildman–Crippen LogP) is 0.901. The molecule has 14 heavy (non-hydrogen) atoms. The van der Waals surface area contributed by atoms with Crippen molar-refractivity contribution in [3.8, 4) is 0 Å². The molecule has 1 aliphatic heterocycles. The first-order chi connectivity index (χ1) is 6.74. The van der Waals surface area contributed by atoms with Gasteiger partial charge in [0.2, 0.25) is 5.91 Å². The first-order valence-electron chi connectivity index (χ1n) is 5.74. The highest BCUT2D eigenvalue weighted by Gasteiger charge is 2.27. The van der Waals surface area contributed by atoms with E-state index in [1.54, 1.807) is 0 Å². The summed E-state index contributed by atoms with van der Waals surface area (Å²) >= 11 is 0. The number of rotatable bonds is 3. The van der Waals surface area contributed by atoms with Gasteiger partial charge < -0.3 is 10.6 Å². The molecule has 2 N–H and O–H groups in total. The number of hydrogen-bond donors (Lipinski definition) is 2. The average molecular weight is 196 g/mol. The molecule has 1 saturated carbocycles. The van der Waals surface area contributed by atoms with Gasteiger partial charge in [-0.3, -0.25) is 4.79 Å². The molecule has 0 aromatic rings. The third kappa shape index (κ3) is 2.47. The van der Waals surface area contributed by atoms with Gasteiger partial charge in [-0.15, -0.1) is 0 Å². The standard InChI is InChI=1S/C11H20N2O/c1-8-4-10(5-8)13-11(14)6-9-2-3-12-7-9/h8-10,12H,2-7H2,1H3,(H,13,14). The summed E-state index contributed by atoms with van der Waals surface area (Å²) in [5, 5.41) is 6.39. The third-order valence-corrected chi connectivity index (χ3v) is 3.38. The van der Waals surface area contributed by atoms with Gasteiger partial charge in [0.15, 0.2) is 0 Å². The van der Waals surface area contributed by atoms with E-state index < -0.39 is 0 Å². The molecule has 3 heteroatoms. The molecule has 1 atom stereocenters. The molecule has 1 saturated heterocycles. The third-order valence-electron chi connectivity index (χ3n) is 3.38. The molecule has 2 rings (SSSR count). The molecule has 0 radical (unpaired) electrons. The van der Waals surface area contributed by atoms with Crippen molar-refractivity contribution in [2.45, 2.75) is 38.6 Å². The molecule has 3 nitrogen and oxygen atoms in total. The maximum absolute atomic E-state index is 11.6. The lowest BCUT2D eigenvalue weighted by Crippen LogP contribution is -2.43. The zero-order valence-electron chi connectivity index (χ0n) is 8.88. The predicted molar refractivity (Wildman–Crippen MR) is 55.9 cm³/mol. The molecule has 2 aliphatic rings. The molecule has 80 valence electrons. The van der Waals surface area contributed by atoms with Gasteiger partial charge in [-0.05, 0) is 44.2 Å². The van der Waals surface area contributed by atoms with Crippen molar-refractivity contribution in [2.75, 3.05) is 13.1 Å². The van der Waals surface area contributed by atoms with Gasteiger partial charge in [-0.25, -0.2) is 0 Å². The summed E-state index contributed by atoms with van der Waals surface area (Å²) in [4.78, 5) is 11.6. The van der Waals surface area contributed by atoms with E-state index in [1.165, 1.54) is 12.8 Å². The van der Waals surface area contributed by atoms with Crippen LogP contribution in [0.5, 0.6) is 0 Å². The van der Waals surface area contributed by atoms with Crippen LogP contribution in [0.4, 0.5) is 0 Å². The number of amides is 1. The van der Waals surface area contributed by atoms with Crippen molar-refractivity contribution >= 4 is 5.91 Å². The largest absolute Gasteiger partial charge is 0.353 e. The van der Waals surface area contributed by atoms with Crippen LogP contribution in [-0.2, 0) is 4.79 Å². The molecule has 1 unspecified atom stereocenters. The maximum atomic E-state index is 11.6. The number of carbonyl (C=O) groups is 1. The molecule has 2 fully saturated rings. The fourth-order valence-corrected chi connectivity index (χ4v) is 2.46. The highest BCUT2D eigenvalue weighted by atomic mass is 16.1. The smallest absolute Gasteiger partial charge is 0.220 e. The fourth-order valence-electron chi connectivity index (χ4n) is 2.46. The molecular formula is C11H20N2O. The Kier molecular flexibility index (Phi) is 3.06. The Labute approximate surface area is 85.6 Å². The van der Waals surface area contributed by atoms with Crippen LogP contribution in [0.25, 0.3) is 0 Å². The summed E-state index contributed by atoms with van der Waals surface area (Å²) in [6.07, 6.45) is 4.23. The van der Waals surface area contributed by atoms with E-state index in [1.807, 2.05) is 0 Å². The summed E-state index contributed by atoms with van der Waals surface area (Å²) in [6.45, 7) is 4.34. The van der Waals surface area contributed by atoms with E-state index in [9.17, 15) is 4.79 Å². The van der Waals surface area contributed by atoms with E-state index >= 15 is 0 Å². The monoisotopic (exact) mass is 196 g/mol. The molecule has 1 heterocycles. The van der Waals surface area contributed by atoms with Gasteiger partial charge >= 0.3 is 0 Å². The van der Waals surface area contributed by atoms with Crippen LogP contribution >= 0.6 is 0 Å². The van der Waals surface area contributed by atoms with Crippen LogP contribution in [0.3, 0.4) is 0 Å². The fraction of sp³-hybridized carbons (Fsp3) is 0.909. The minimum Gasteiger partial charge on any atom is -0.353 e. The summed E-state index contributed by atoms with van der Waals surface area (Å²) in [5.41, 5.74) is 0. The van der Waals surface area contributed by atoms with Crippen LogP contribution in [0.1, 0.15) is 32.6 Å². The Bertz CT molecular complexity index is 205. The number of hydrogen-bond acceptors (Lipinski definition) is 2. The van der Waals surface area contributed by atoms with Gasteiger partial charge in [0.25, 0.3) is 0 Å². The SMILES string of the molecule is CC1CC(NC(=O)CC2CCNC2)C1. The van der Waals surface area contributed by atoms with E-state index in [0.717, 1.165) is 31.8 Å². The first kappa shape index (κ1) is 9.97. The summed E-state index contributed by atoms with van der Waals surface area (Å²) in [6, 6.07) is 0.479. The van der Waals surface area contributed by atoms with Crippen molar-refractivity contribution in [3.05, 3.63) is 0 Å². The molecule has 0 bridgehead atoms. The highest BCUT2D eigenvalue weighted by Crippen LogP contribution is 2.26. The minimum absolute atomic E-state index is 0.260. The van der Waals surface area contributed by atoms with Crippen LogP contribution in [-0.4, -0.2) is 25.0 Å². The Morgan fingerprint density at radius 2 is 2.29 bits per heavy atom. The van der Waals surface area contributed by atoms with Gasteiger partial charge in [-0.2, -0.15) is 0 Å². The molecule has 0 aromatic heterocycles. The Hall–Kier alpha value is -0.570. The lowest BCUT2D eigenvalue weighted by atomic mass is 9.82. The molecular weight excluding hydrogens is 176 g/mol. The van der Waals surface area contributed by atoms with E-state index in [4.69, 9.17) is 0 Å². The van der Waals surface area contributed by atoms with Crippen LogP contribution in [0, 0.1) is 11.8 Å². The normalized spacial score (nSPS) is 36.5. The van der Waals surface area contributed by atoms with Crippen molar-refractivity contribution in [1.82, 2.24) is 10.6 Å². The molecule has 0 aromatic carbocycles. The molecule has 1 aliphatic carbocycles. The highest BCUT2D eigenvalue weighted by molar-refractivity contribution is 5.76. The number of carbonyl (C=O) groups excluding carboxylic acids is 1. The van der Waals surface area contributed by atoms with Crippen LogP contribution in [0.2, 0.25) is 0 Å². The second-order valence-corrected chi connectivity index (χ2v) is 4.90. The second kappa shape index (κ2) is 4.30. The summed E-state index contributed by atoms with van der Waals surface area (Å²) in [7, 11) is 0. The van der Waals surface area contributed by atoms with Gasteiger partial charge in [0.05, 0.1) is 0 Å². The second-order valence-electron chi connectivity index (χ2n) is 4.90. The van der Waals surface area contributed by atoms with Gasteiger partial charge in [0.1, 0.15) is 0 Å². The van der Waals surface area contributed by atoms with E-state index in [-0.39, 0.29) is 5.91 Å². The van der Waals surface area contributed by atoms with Crippen molar-refractivity contribution in [2.24, 2.45) is 11.8 Å². The van der Waals surface area contributed by atoms with E-state index in [0.29, 0.717) is 12.0 Å². The Morgan fingerprint density at radius 3 is 2.86 bits per heavy atom. The topological polar surface area (TPSA) is 41.1 Å². The van der Waals surface area contributed by atoms with E-state index in [2.05, 4.69) is 17.6 Å². The first-order valence-corrected chi connectivity index (χ1v) is 5.74. The molecule has 0 spiro atoms. The molecule has 1 amide bonds. The maximum Gasteiger partial charge on any atom is 0.220 e. The lowest BCUT2D eigenvalue weighted by molar-refractivity contribution is -0.123. The number of nitrogens with one attached hydrogen (secondary N) is 2. The Balaban J connectivity index is 1.63. The average Bonchev–Trinajstić information content (AvgIpc) is 2.54. The van der Waals surface area contributed by atoms with Crippen LogP contribution in [0.15, 0.2) is 0 Å². The quantitative estimate of drug-likeness (QED) is 0.704. The zero-order valence-corrected chi connectivity index (χ0v) is 8.88. The van der Waals surface area contributed by atoms with Crippen molar-refractivity contribution < 1.29 is 4.79 Å².